The van der Waals surface area contributed by atoms with E-state index >= 15 is 0 Å². The number of aliphatic carboxylic acids is 1. The minimum Gasteiger partial charge on any atom is -0.481 e. The highest BCUT2D eigenvalue weighted by atomic mass is 32.2. The first kappa shape index (κ1) is 16.4. The van der Waals surface area contributed by atoms with E-state index < -0.39 is 21.4 Å². The normalized spacial score (nSPS) is 24.7. The fraction of sp³-hybridized carbons (Fsp3) is 0.917. The van der Waals surface area contributed by atoms with Gasteiger partial charge >= 0.3 is 5.97 Å². The molecule has 1 rings (SSSR count). The summed E-state index contributed by atoms with van der Waals surface area (Å²) in [5.41, 5.74) is -0.900. The first-order valence-corrected chi connectivity index (χ1v) is 8.19. The number of nitrogens with zero attached hydrogens (tertiary/aromatic N) is 1. The summed E-state index contributed by atoms with van der Waals surface area (Å²) in [6.45, 7) is 2.72. The third kappa shape index (κ3) is 3.90. The van der Waals surface area contributed by atoms with Crippen molar-refractivity contribution in [1.29, 1.82) is 0 Å². The number of ether oxygens (including phenoxy) is 1. The molecule has 1 aliphatic rings. The number of sulfonamides is 1. The molecule has 0 aromatic carbocycles. The summed E-state index contributed by atoms with van der Waals surface area (Å²) >= 11 is 0. The van der Waals surface area contributed by atoms with Crippen LogP contribution in [0.1, 0.15) is 32.6 Å². The molecule has 112 valence electrons. The number of carbonyl (C=O) groups is 1. The van der Waals surface area contributed by atoms with Crippen molar-refractivity contribution in [2.24, 2.45) is 5.41 Å². The molecule has 7 heteroatoms. The Labute approximate surface area is 114 Å². The van der Waals surface area contributed by atoms with Gasteiger partial charge in [-0.25, -0.2) is 12.7 Å². The van der Waals surface area contributed by atoms with Gasteiger partial charge in [0.2, 0.25) is 10.0 Å². The molecule has 1 N–H and O–H groups in total. The lowest BCUT2D eigenvalue weighted by Gasteiger charge is -2.24. The third-order valence-corrected chi connectivity index (χ3v) is 5.55. The Balaban J connectivity index is 2.70. The molecule has 1 heterocycles. The largest absolute Gasteiger partial charge is 0.481 e. The molecule has 1 atom stereocenters. The molecular weight excluding hydrogens is 270 g/mol. The molecule has 6 nitrogen and oxygen atoms in total. The van der Waals surface area contributed by atoms with Crippen molar-refractivity contribution in [1.82, 2.24) is 4.31 Å². The Morgan fingerprint density at radius 2 is 2.16 bits per heavy atom. The maximum Gasteiger partial charge on any atom is 0.311 e. The van der Waals surface area contributed by atoms with E-state index in [2.05, 4.69) is 0 Å². The van der Waals surface area contributed by atoms with Gasteiger partial charge in [0.15, 0.2) is 0 Å². The summed E-state index contributed by atoms with van der Waals surface area (Å²) < 4.78 is 30.4. The Morgan fingerprint density at radius 3 is 2.68 bits per heavy atom. The van der Waals surface area contributed by atoms with Crippen LogP contribution in [0, 0.1) is 5.41 Å². The smallest absolute Gasteiger partial charge is 0.311 e. The molecule has 1 aliphatic heterocycles. The van der Waals surface area contributed by atoms with Gasteiger partial charge in [0.05, 0.1) is 11.2 Å². The summed E-state index contributed by atoms with van der Waals surface area (Å²) in [7, 11) is -1.84. The molecule has 0 amide bonds. The van der Waals surface area contributed by atoms with Crippen LogP contribution in [-0.4, -0.2) is 56.4 Å². The van der Waals surface area contributed by atoms with E-state index in [-0.39, 0.29) is 12.3 Å². The predicted molar refractivity (Wildman–Crippen MR) is 71.4 cm³/mol. The SMILES string of the molecule is CCCC1(C(=O)O)CCN(S(=O)(=O)CCCOC)C1. The van der Waals surface area contributed by atoms with E-state index in [1.807, 2.05) is 6.92 Å². The van der Waals surface area contributed by atoms with Crippen LogP contribution in [-0.2, 0) is 19.6 Å². The number of methoxy groups -OCH3 is 1. The minimum atomic E-state index is -3.37. The Morgan fingerprint density at radius 1 is 1.47 bits per heavy atom. The zero-order valence-electron chi connectivity index (χ0n) is 11.6. The number of carboxylic acids is 1. The lowest BCUT2D eigenvalue weighted by molar-refractivity contribution is -0.148. The van der Waals surface area contributed by atoms with Crippen LogP contribution in [0.25, 0.3) is 0 Å². The fourth-order valence-electron chi connectivity index (χ4n) is 2.55. The van der Waals surface area contributed by atoms with Crippen LogP contribution in [0.2, 0.25) is 0 Å². The Bertz CT molecular complexity index is 408. The monoisotopic (exact) mass is 293 g/mol. The van der Waals surface area contributed by atoms with Crippen LogP contribution in [0.15, 0.2) is 0 Å². The van der Waals surface area contributed by atoms with Crippen LogP contribution in [0.3, 0.4) is 0 Å². The maximum atomic E-state index is 12.1. The molecule has 19 heavy (non-hydrogen) atoms. The molecule has 0 aliphatic carbocycles. The first-order chi connectivity index (χ1) is 8.88. The van der Waals surface area contributed by atoms with Crippen molar-refractivity contribution >= 4 is 16.0 Å². The van der Waals surface area contributed by atoms with E-state index in [1.165, 1.54) is 11.4 Å². The van der Waals surface area contributed by atoms with Crippen LogP contribution >= 0.6 is 0 Å². The van der Waals surface area contributed by atoms with Gasteiger partial charge in [-0.05, 0) is 19.3 Å². The highest BCUT2D eigenvalue weighted by molar-refractivity contribution is 7.89. The van der Waals surface area contributed by atoms with E-state index in [9.17, 15) is 18.3 Å². The zero-order valence-corrected chi connectivity index (χ0v) is 12.4. The summed E-state index contributed by atoms with van der Waals surface area (Å²) in [5.74, 6) is -0.869. The van der Waals surface area contributed by atoms with E-state index in [0.29, 0.717) is 32.4 Å². The fourth-order valence-corrected chi connectivity index (χ4v) is 4.10. The van der Waals surface area contributed by atoms with Gasteiger partial charge in [-0.1, -0.05) is 13.3 Å². The number of hydrogen-bond donors (Lipinski definition) is 1. The van der Waals surface area contributed by atoms with Gasteiger partial charge in [-0.3, -0.25) is 4.79 Å². The number of hydrogen-bond acceptors (Lipinski definition) is 4. The molecule has 0 radical (unpaired) electrons. The van der Waals surface area contributed by atoms with E-state index in [0.717, 1.165) is 6.42 Å². The van der Waals surface area contributed by atoms with Crippen molar-refractivity contribution in [3.05, 3.63) is 0 Å². The van der Waals surface area contributed by atoms with Crippen LogP contribution in [0.5, 0.6) is 0 Å². The number of rotatable bonds is 8. The van der Waals surface area contributed by atoms with E-state index in [4.69, 9.17) is 4.74 Å². The third-order valence-electron chi connectivity index (χ3n) is 3.65. The van der Waals surface area contributed by atoms with Gasteiger partial charge in [0.25, 0.3) is 0 Å². The first-order valence-electron chi connectivity index (χ1n) is 6.58. The Kier molecular flexibility index (Phi) is 5.76. The van der Waals surface area contributed by atoms with Crippen molar-refractivity contribution in [2.45, 2.75) is 32.6 Å². The molecule has 0 bridgehead atoms. The standard InChI is InChI=1S/C12H23NO5S/c1-3-5-12(11(14)15)6-7-13(10-12)19(16,17)9-4-8-18-2/h3-10H2,1-2H3,(H,14,15). The molecule has 1 saturated heterocycles. The molecule has 0 aromatic rings. The maximum absolute atomic E-state index is 12.1. The lowest BCUT2D eigenvalue weighted by atomic mass is 9.83. The zero-order chi connectivity index (χ0) is 14.5. The van der Waals surface area contributed by atoms with Crippen molar-refractivity contribution in [3.8, 4) is 0 Å². The summed E-state index contributed by atoms with van der Waals surface area (Å²) in [6, 6.07) is 0. The Hall–Kier alpha value is -0.660. The summed E-state index contributed by atoms with van der Waals surface area (Å²) in [6.07, 6.45) is 2.10. The molecule has 0 aromatic heterocycles. The molecule has 0 spiro atoms. The van der Waals surface area contributed by atoms with E-state index in [1.54, 1.807) is 0 Å². The highest BCUT2D eigenvalue weighted by Crippen LogP contribution is 2.36. The molecular formula is C12H23NO5S. The highest BCUT2D eigenvalue weighted by Gasteiger charge is 2.47. The second-order valence-electron chi connectivity index (χ2n) is 5.08. The second kappa shape index (κ2) is 6.67. The van der Waals surface area contributed by atoms with Gasteiger partial charge in [-0.15, -0.1) is 0 Å². The second-order valence-corrected chi connectivity index (χ2v) is 7.17. The van der Waals surface area contributed by atoms with Crippen molar-refractivity contribution in [2.75, 3.05) is 32.6 Å². The molecule has 0 saturated carbocycles. The quantitative estimate of drug-likeness (QED) is 0.673. The predicted octanol–water partition coefficient (Wildman–Crippen LogP) is 0.929. The average Bonchev–Trinajstić information content (AvgIpc) is 2.76. The van der Waals surface area contributed by atoms with Gasteiger partial charge in [0, 0.05) is 26.8 Å². The molecule has 1 unspecified atom stereocenters. The molecule has 1 fully saturated rings. The van der Waals surface area contributed by atoms with Gasteiger partial charge in [-0.2, -0.15) is 0 Å². The van der Waals surface area contributed by atoms with Crippen LogP contribution in [0.4, 0.5) is 0 Å². The summed E-state index contributed by atoms with van der Waals surface area (Å²) in [5, 5.41) is 9.35. The van der Waals surface area contributed by atoms with Crippen molar-refractivity contribution < 1.29 is 23.1 Å². The lowest BCUT2D eigenvalue weighted by Crippen LogP contribution is -2.37. The minimum absolute atomic E-state index is 0.0165. The average molecular weight is 293 g/mol. The van der Waals surface area contributed by atoms with Crippen molar-refractivity contribution in [3.63, 3.8) is 0 Å². The number of carboxylic acid groups (broad SMARTS) is 1. The topological polar surface area (TPSA) is 83.9 Å². The van der Waals surface area contributed by atoms with Gasteiger partial charge < -0.3 is 9.84 Å². The van der Waals surface area contributed by atoms with Gasteiger partial charge in [0.1, 0.15) is 0 Å². The van der Waals surface area contributed by atoms with Crippen LogP contribution < -0.4 is 0 Å². The summed E-state index contributed by atoms with van der Waals surface area (Å²) in [4.78, 5) is 11.4.